The SMILES string of the molecule is [SiH3]C[SiH2]NCc1ccccc1. The van der Waals surface area contributed by atoms with Gasteiger partial charge in [0.25, 0.3) is 0 Å². The lowest BCUT2D eigenvalue weighted by atomic mass is 10.2. The normalized spacial score (nSPS) is 11.3. The van der Waals surface area contributed by atoms with E-state index < -0.39 is 0 Å². The van der Waals surface area contributed by atoms with Gasteiger partial charge in [-0.1, -0.05) is 36.0 Å². The molecule has 0 fully saturated rings. The minimum atomic E-state index is 0.0896. The van der Waals surface area contributed by atoms with Crippen molar-refractivity contribution < 1.29 is 0 Å². The largest absolute Gasteiger partial charge is 0.339 e. The Balaban J connectivity index is 2.28. The third kappa shape index (κ3) is 3.50. The number of nitrogens with one attached hydrogen (secondary N) is 1. The fourth-order valence-corrected chi connectivity index (χ4v) is 2.89. The summed E-state index contributed by atoms with van der Waals surface area (Å²) in [6.07, 6.45) is 0. The molecule has 1 rings (SSSR count). The van der Waals surface area contributed by atoms with E-state index in [1.807, 2.05) is 0 Å². The molecule has 0 radical (unpaired) electrons. The summed E-state index contributed by atoms with van der Waals surface area (Å²) in [4.78, 5) is 3.52. The molecule has 0 aromatic heterocycles. The summed E-state index contributed by atoms with van der Waals surface area (Å²) in [5, 5.41) is 0. The second-order valence-corrected chi connectivity index (χ2v) is 7.66. The Morgan fingerprint density at radius 3 is 2.64 bits per heavy atom. The molecule has 0 aliphatic rings. The zero-order valence-corrected chi connectivity index (χ0v) is 10.4. The molecule has 0 bridgehead atoms. The van der Waals surface area contributed by atoms with Crippen LogP contribution >= 0.6 is 0 Å². The van der Waals surface area contributed by atoms with E-state index in [1.165, 1.54) is 21.5 Å². The molecule has 3 heteroatoms. The van der Waals surface area contributed by atoms with Crippen LogP contribution in [0.5, 0.6) is 0 Å². The Labute approximate surface area is 73.5 Å². The van der Waals surface area contributed by atoms with Crippen LogP contribution in [0.4, 0.5) is 0 Å². The molecule has 0 saturated heterocycles. The summed E-state index contributed by atoms with van der Waals surface area (Å²) >= 11 is 0. The maximum atomic E-state index is 3.52. The highest BCUT2D eigenvalue weighted by Crippen LogP contribution is 1.96. The average Bonchev–Trinajstić information content (AvgIpc) is 2.07. The second kappa shape index (κ2) is 5.29. The van der Waals surface area contributed by atoms with Crippen molar-refractivity contribution in [2.45, 2.75) is 12.2 Å². The number of hydrogen-bond acceptors (Lipinski definition) is 1. The molecule has 0 heterocycles. The Hall–Kier alpha value is -0.386. The molecular formula is C8H15NSi2. The molecular weight excluding hydrogens is 166 g/mol. The van der Waals surface area contributed by atoms with Crippen LogP contribution in [0.3, 0.4) is 0 Å². The molecule has 0 saturated carbocycles. The number of benzene rings is 1. The van der Waals surface area contributed by atoms with E-state index in [4.69, 9.17) is 0 Å². The van der Waals surface area contributed by atoms with Gasteiger partial charge in [-0.3, -0.25) is 0 Å². The van der Waals surface area contributed by atoms with Crippen LogP contribution in [-0.4, -0.2) is 19.9 Å². The Morgan fingerprint density at radius 1 is 1.27 bits per heavy atom. The smallest absolute Gasteiger partial charge is 0.0885 e. The van der Waals surface area contributed by atoms with Gasteiger partial charge in [-0.2, -0.15) is 0 Å². The first-order chi connectivity index (χ1) is 5.43. The van der Waals surface area contributed by atoms with Crippen molar-refractivity contribution in [2.75, 3.05) is 0 Å². The molecule has 1 aromatic carbocycles. The molecule has 0 atom stereocenters. The lowest BCUT2D eigenvalue weighted by Gasteiger charge is -2.00. The van der Waals surface area contributed by atoms with E-state index in [0.29, 0.717) is 0 Å². The van der Waals surface area contributed by atoms with Crippen molar-refractivity contribution in [1.82, 2.24) is 4.98 Å². The van der Waals surface area contributed by atoms with Crippen LogP contribution < -0.4 is 4.98 Å². The summed E-state index contributed by atoms with van der Waals surface area (Å²) in [6, 6.07) is 10.6. The van der Waals surface area contributed by atoms with Crippen molar-refractivity contribution in [3.8, 4) is 0 Å². The first-order valence-electron chi connectivity index (χ1n) is 4.18. The standard InChI is InChI=1S/C8H15NSi2/c10-7-11-9-6-8-4-2-1-3-5-8/h1-5,9H,6-7,11H2,10H3. The molecule has 0 aliphatic carbocycles. The monoisotopic (exact) mass is 181 g/mol. The Morgan fingerprint density at radius 2 is 2.00 bits per heavy atom. The minimum absolute atomic E-state index is 0.0896. The fraction of sp³-hybridized carbons (Fsp3) is 0.250. The highest BCUT2D eigenvalue weighted by Gasteiger charge is 1.87. The Bertz CT molecular complexity index is 189. The number of rotatable bonds is 4. The molecule has 60 valence electrons. The highest BCUT2D eigenvalue weighted by atomic mass is 28.3. The van der Waals surface area contributed by atoms with Gasteiger partial charge < -0.3 is 4.98 Å². The van der Waals surface area contributed by atoms with Gasteiger partial charge in [0.1, 0.15) is 0 Å². The third-order valence-electron chi connectivity index (χ3n) is 1.60. The van der Waals surface area contributed by atoms with E-state index >= 15 is 0 Å². The maximum absolute atomic E-state index is 3.52. The molecule has 0 unspecified atom stereocenters. The summed E-state index contributed by atoms with van der Waals surface area (Å²) in [6.45, 7) is 1.08. The van der Waals surface area contributed by atoms with Gasteiger partial charge in [0.15, 0.2) is 0 Å². The van der Waals surface area contributed by atoms with Crippen LogP contribution in [0.25, 0.3) is 0 Å². The van der Waals surface area contributed by atoms with Crippen molar-refractivity contribution in [1.29, 1.82) is 0 Å². The van der Waals surface area contributed by atoms with Gasteiger partial charge in [0, 0.05) is 16.8 Å². The van der Waals surface area contributed by atoms with E-state index in [-0.39, 0.29) is 9.68 Å². The second-order valence-electron chi connectivity index (χ2n) is 2.66. The minimum Gasteiger partial charge on any atom is -0.339 e. The van der Waals surface area contributed by atoms with Gasteiger partial charge >= 0.3 is 0 Å². The van der Waals surface area contributed by atoms with Gasteiger partial charge in [-0.25, -0.2) is 0 Å². The molecule has 0 amide bonds. The van der Waals surface area contributed by atoms with Gasteiger partial charge in [0.05, 0.1) is 9.68 Å². The van der Waals surface area contributed by atoms with Crippen molar-refractivity contribution in [3.63, 3.8) is 0 Å². The fourth-order valence-electron chi connectivity index (χ4n) is 1.01. The molecule has 0 spiro atoms. The van der Waals surface area contributed by atoms with Crippen LogP contribution in [0.15, 0.2) is 30.3 Å². The maximum Gasteiger partial charge on any atom is 0.0885 e. The predicted molar refractivity (Wildman–Crippen MR) is 56.6 cm³/mol. The molecule has 1 nitrogen and oxygen atoms in total. The summed E-state index contributed by atoms with van der Waals surface area (Å²) < 4.78 is 0. The summed E-state index contributed by atoms with van der Waals surface area (Å²) in [7, 11) is 1.45. The molecule has 11 heavy (non-hydrogen) atoms. The van der Waals surface area contributed by atoms with Gasteiger partial charge in [-0.05, 0) is 5.56 Å². The van der Waals surface area contributed by atoms with Crippen LogP contribution in [-0.2, 0) is 6.54 Å². The zero-order chi connectivity index (χ0) is 7.94. The quantitative estimate of drug-likeness (QED) is 0.492. The van der Waals surface area contributed by atoms with Crippen LogP contribution in [0.1, 0.15) is 5.56 Å². The van der Waals surface area contributed by atoms with Crippen LogP contribution in [0, 0.1) is 0 Å². The van der Waals surface area contributed by atoms with Gasteiger partial charge in [0.2, 0.25) is 0 Å². The lowest BCUT2D eigenvalue weighted by Crippen LogP contribution is -2.17. The van der Waals surface area contributed by atoms with Crippen molar-refractivity contribution >= 4 is 19.9 Å². The summed E-state index contributed by atoms with van der Waals surface area (Å²) in [5.74, 6) is 0. The number of hydrogen-bond donors (Lipinski definition) is 1. The molecule has 1 aromatic rings. The predicted octanol–water partition coefficient (Wildman–Crippen LogP) is -0.399. The van der Waals surface area contributed by atoms with Crippen molar-refractivity contribution in [2.24, 2.45) is 0 Å². The van der Waals surface area contributed by atoms with Gasteiger partial charge in [-0.15, -0.1) is 0 Å². The Kier molecular flexibility index (Phi) is 4.19. The zero-order valence-electron chi connectivity index (χ0n) is 7.01. The van der Waals surface area contributed by atoms with E-state index in [0.717, 1.165) is 6.54 Å². The first kappa shape index (κ1) is 8.71. The average molecular weight is 181 g/mol. The third-order valence-corrected chi connectivity index (χ3v) is 4.20. The van der Waals surface area contributed by atoms with Crippen LogP contribution in [0.2, 0.25) is 5.67 Å². The first-order valence-corrected chi connectivity index (χ1v) is 7.30. The van der Waals surface area contributed by atoms with E-state index in [1.54, 1.807) is 0 Å². The highest BCUT2D eigenvalue weighted by molar-refractivity contribution is 6.44. The van der Waals surface area contributed by atoms with Crippen molar-refractivity contribution in [3.05, 3.63) is 35.9 Å². The summed E-state index contributed by atoms with van der Waals surface area (Å²) in [5.41, 5.74) is 2.89. The molecule has 1 N–H and O–H groups in total. The van der Waals surface area contributed by atoms with E-state index in [2.05, 4.69) is 35.3 Å². The molecule has 0 aliphatic heterocycles. The topological polar surface area (TPSA) is 12.0 Å². The lowest BCUT2D eigenvalue weighted by molar-refractivity contribution is 0.949. The van der Waals surface area contributed by atoms with E-state index in [9.17, 15) is 0 Å².